The lowest BCUT2D eigenvalue weighted by molar-refractivity contribution is -0.132. The maximum atomic E-state index is 13.1. The van der Waals surface area contributed by atoms with E-state index in [1.807, 2.05) is 30.3 Å². The van der Waals surface area contributed by atoms with Gasteiger partial charge in [0.25, 0.3) is 11.8 Å². The Balaban J connectivity index is 1.36. The van der Waals surface area contributed by atoms with E-state index < -0.39 is 5.54 Å². The topological polar surface area (TPSA) is 109 Å². The van der Waals surface area contributed by atoms with Crippen LogP contribution in [-0.4, -0.2) is 89.3 Å². The van der Waals surface area contributed by atoms with Gasteiger partial charge in [0.15, 0.2) is 5.69 Å². The second-order valence-electron chi connectivity index (χ2n) is 8.94. The first kappa shape index (κ1) is 23.9. The molecule has 2 aromatic rings. The summed E-state index contributed by atoms with van der Waals surface area (Å²) in [4.78, 5) is 42.5. The number of likely N-dealkylation sites (N-methyl/N-ethyl adjacent to an activating group) is 1. The predicted octanol–water partition coefficient (Wildman–Crippen LogP) is 0.496. The Labute approximate surface area is 199 Å². The van der Waals surface area contributed by atoms with Crippen molar-refractivity contribution in [1.29, 1.82) is 0 Å². The van der Waals surface area contributed by atoms with Crippen LogP contribution in [0.2, 0.25) is 0 Å². The molecule has 1 aromatic carbocycles. The molecule has 10 heteroatoms. The maximum Gasteiger partial charge on any atom is 0.272 e. The lowest BCUT2D eigenvalue weighted by atomic mass is 9.96. The number of ether oxygens (including phenoxy) is 1. The molecule has 182 valence electrons. The van der Waals surface area contributed by atoms with Crippen molar-refractivity contribution in [3.63, 3.8) is 0 Å². The lowest BCUT2D eigenvalue weighted by Crippen LogP contribution is -2.62. The second-order valence-corrected chi connectivity index (χ2v) is 8.94. The smallest absolute Gasteiger partial charge is 0.272 e. The fourth-order valence-corrected chi connectivity index (χ4v) is 4.23. The molecule has 3 heterocycles. The van der Waals surface area contributed by atoms with Crippen LogP contribution >= 0.6 is 0 Å². The molecule has 0 radical (unpaired) electrons. The standard InChI is InChI=1S/C24H32N6O4/c1-24(23(33)26-16-18-7-4-3-5-8-18)17-30-20(22(32)28(24)2)15-19(27-30)21(31)25-9-6-10-29-11-13-34-14-12-29/h3-5,7-8,15H,6,9-14,16-17H2,1-2H3,(H,25,31)(H,26,33). The fourth-order valence-electron chi connectivity index (χ4n) is 4.23. The fraction of sp³-hybridized carbons (Fsp3) is 0.500. The van der Waals surface area contributed by atoms with Gasteiger partial charge in [-0.1, -0.05) is 30.3 Å². The van der Waals surface area contributed by atoms with Crippen molar-refractivity contribution in [2.45, 2.75) is 32.0 Å². The molecular formula is C24H32N6O4. The molecule has 1 atom stereocenters. The molecule has 0 saturated carbocycles. The van der Waals surface area contributed by atoms with Gasteiger partial charge in [0.1, 0.15) is 11.2 Å². The number of rotatable bonds is 8. The largest absolute Gasteiger partial charge is 0.379 e. The van der Waals surface area contributed by atoms with Crippen LogP contribution in [0.1, 0.15) is 39.9 Å². The molecule has 0 aliphatic carbocycles. The van der Waals surface area contributed by atoms with Crippen molar-refractivity contribution in [3.8, 4) is 0 Å². The van der Waals surface area contributed by atoms with Gasteiger partial charge in [-0.3, -0.25) is 24.0 Å². The number of amides is 3. The van der Waals surface area contributed by atoms with Gasteiger partial charge in [-0.2, -0.15) is 5.10 Å². The molecule has 1 saturated heterocycles. The zero-order chi connectivity index (χ0) is 24.1. The number of hydrogen-bond donors (Lipinski definition) is 2. The van der Waals surface area contributed by atoms with Crippen molar-refractivity contribution >= 4 is 17.7 Å². The molecule has 2 aliphatic heterocycles. The van der Waals surface area contributed by atoms with Crippen LogP contribution in [0.15, 0.2) is 36.4 Å². The van der Waals surface area contributed by atoms with E-state index in [4.69, 9.17) is 4.74 Å². The Morgan fingerprint density at radius 3 is 2.62 bits per heavy atom. The Kier molecular flexibility index (Phi) is 7.28. The Bertz CT molecular complexity index is 1030. The van der Waals surface area contributed by atoms with Crippen LogP contribution in [0, 0.1) is 0 Å². The van der Waals surface area contributed by atoms with E-state index in [1.165, 1.54) is 15.6 Å². The summed E-state index contributed by atoms with van der Waals surface area (Å²) in [5.41, 5.74) is 0.319. The number of nitrogens with zero attached hydrogens (tertiary/aromatic N) is 4. The summed E-state index contributed by atoms with van der Waals surface area (Å²) in [6, 6.07) is 11.1. The van der Waals surface area contributed by atoms with E-state index in [9.17, 15) is 14.4 Å². The first-order chi connectivity index (χ1) is 16.4. The molecule has 0 bridgehead atoms. The van der Waals surface area contributed by atoms with Crippen molar-refractivity contribution in [2.75, 3.05) is 46.4 Å². The molecule has 34 heavy (non-hydrogen) atoms. The minimum atomic E-state index is -1.13. The third-order valence-corrected chi connectivity index (χ3v) is 6.56. The number of carbonyl (C=O) groups excluding carboxylic acids is 3. The maximum absolute atomic E-state index is 13.1. The average molecular weight is 469 g/mol. The van der Waals surface area contributed by atoms with Crippen LogP contribution in [0.4, 0.5) is 0 Å². The van der Waals surface area contributed by atoms with E-state index in [0.717, 1.165) is 44.8 Å². The summed E-state index contributed by atoms with van der Waals surface area (Å²) in [5.74, 6) is -0.945. The molecule has 0 spiro atoms. The highest BCUT2D eigenvalue weighted by Gasteiger charge is 2.46. The van der Waals surface area contributed by atoms with Crippen molar-refractivity contribution in [3.05, 3.63) is 53.3 Å². The van der Waals surface area contributed by atoms with Gasteiger partial charge in [-0.25, -0.2) is 0 Å². The molecule has 1 aromatic heterocycles. The third kappa shape index (κ3) is 5.13. The van der Waals surface area contributed by atoms with Gasteiger partial charge < -0.3 is 20.3 Å². The van der Waals surface area contributed by atoms with E-state index >= 15 is 0 Å². The van der Waals surface area contributed by atoms with Gasteiger partial charge in [-0.05, 0) is 25.5 Å². The Hall–Kier alpha value is -3.24. The van der Waals surface area contributed by atoms with Gasteiger partial charge in [0.05, 0.1) is 19.8 Å². The molecule has 1 fully saturated rings. The number of hydrogen-bond acceptors (Lipinski definition) is 6. The molecular weight excluding hydrogens is 436 g/mol. The number of fused-ring (bicyclic) bond motifs is 1. The number of benzene rings is 1. The Morgan fingerprint density at radius 1 is 1.15 bits per heavy atom. The molecule has 2 N–H and O–H groups in total. The van der Waals surface area contributed by atoms with Crippen LogP contribution in [0.25, 0.3) is 0 Å². The molecule has 10 nitrogen and oxygen atoms in total. The normalized spacial score (nSPS) is 20.6. The quantitative estimate of drug-likeness (QED) is 0.546. The Morgan fingerprint density at radius 2 is 1.88 bits per heavy atom. The van der Waals surface area contributed by atoms with Crippen LogP contribution < -0.4 is 10.6 Å². The average Bonchev–Trinajstić information content (AvgIpc) is 3.29. The molecule has 4 rings (SSSR count). The van der Waals surface area contributed by atoms with E-state index in [0.29, 0.717) is 18.8 Å². The van der Waals surface area contributed by atoms with E-state index in [-0.39, 0.29) is 30.0 Å². The lowest BCUT2D eigenvalue weighted by Gasteiger charge is -2.40. The summed E-state index contributed by atoms with van der Waals surface area (Å²) < 4.78 is 6.81. The summed E-state index contributed by atoms with van der Waals surface area (Å²) >= 11 is 0. The van der Waals surface area contributed by atoms with E-state index in [1.54, 1.807) is 14.0 Å². The minimum absolute atomic E-state index is 0.162. The first-order valence-electron chi connectivity index (χ1n) is 11.6. The molecule has 3 amide bonds. The summed E-state index contributed by atoms with van der Waals surface area (Å²) in [6.07, 6.45) is 0.820. The number of carbonyl (C=O) groups is 3. The van der Waals surface area contributed by atoms with Crippen LogP contribution in [0.5, 0.6) is 0 Å². The van der Waals surface area contributed by atoms with Crippen molar-refractivity contribution < 1.29 is 19.1 Å². The van der Waals surface area contributed by atoms with Gasteiger partial charge in [0.2, 0.25) is 5.91 Å². The highest BCUT2D eigenvalue weighted by Crippen LogP contribution is 2.26. The molecule has 1 unspecified atom stereocenters. The van der Waals surface area contributed by atoms with Gasteiger partial charge in [-0.15, -0.1) is 0 Å². The number of nitrogens with one attached hydrogen (secondary N) is 2. The predicted molar refractivity (Wildman–Crippen MR) is 125 cm³/mol. The number of morpholine rings is 1. The van der Waals surface area contributed by atoms with E-state index in [2.05, 4.69) is 20.6 Å². The zero-order valence-corrected chi connectivity index (χ0v) is 19.7. The van der Waals surface area contributed by atoms with Crippen molar-refractivity contribution in [1.82, 2.24) is 30.2 Å². The summed E-state index contributed by atoms with van der Waals surface area (Å²) in [7, 11) is 1.60. The van der Waals surface area contributed by atoms with Gasteiger partial charge in [0, 0.05) is 39.3 Å². The van der Waals surface area contributed by atoms with Crippen molar-refractivity contribution in [2.24, 2.45) is 0 Å². The molecule has 2 aliphatic rings. The zero-order valence-electron chi connectivity index (χ0n) is 19.7. The monoisotopic (exact) mass is 468 g/mol. The van der Waals surface area contributed by atoms with Gasteiger partial charge >= 0.3 is 0 Å². The number of aromatic nitrogens is 2. The summed E-state index contributed by atoms with van der Waals surface area (Å²) in [6.45, 7) is 6.97. The third-order valence-electron chi connectivity index (χ3n) is 6.56. The first-order valence-corrected chi connectivity index (χ1v) is 11.6. The SMILES string of the molecule is CN1C(=O)c2cc(C(=O)NCCCN3CCOCC3)nn2CC1(C)C(=O)NCc1ccccc1. The highest BCUT2D eigenvalue weighted by atomic mass is 16.5. The second kappa shape index (κ2) is 10.4. The van der Waals surface area contributed by atoms with Crippen LogP contribution in [0.3, 0.4) is 0 Å². The minimum Gasteiger partial charge on any atom is -0.379 e. The highest BCUT2D eigenvalue weighted by molar-refractivity contribution is 6.01. The summed E-state index contributed by atoms with van der Waals surface area (Å²) in [5, 5.41) is 10.1. The van der Waals surface area contributed by atoms with Crippen LogP contribution in [-0.2, 0) is 22.6 Å².